The molecule has 21 heavy (non-hydrogen) atoms. The Balaban J connectivity index is 1.85. The highest BCUT2D eigenvalue weighted by atomic mass is 19.1. The highest BCUT2D eigenvalue weighted by molar-refractivity contribution is 5.37. The van der Waals surface area contributed by atoms with E-state index in [1.807, 2.05) is 13.0 Å². The van der Waals surface area contributed by atoms with Crippen molar-refractivity contribution >= 4 is 0 Å². The van der Waals surface area contributed by atoms with Crippen molar-refractivity contribution in [1.29, 1.82) is 0 Å². The lowest BCUT2D eigenvalue weighted by atomic mass is 9.91. The summed E-state index contributed by atoms with van der Waals surface area (Å²) in [4.78, 5) is 0. The van der Waals surface area contributed by atoms with Gasteiger partial charge in [-0.2, -0.15) is 0 Å². The van der Waals surface area contributed by atoms with Crippen LogP contribution in [-0.4, -0.2) is 6.54 Å². The molecular weight excluding hydrogens is 261 g/mol. The van der Waals surface area contributed by atoms with Gasteiger partial charge in [-0.1, -0.05) is 37.3 Å². The Labute approximate surface area is 126 Å². The molecule has 0 spiro atoms. The van der Waals surface area contributed by atoms with Gasteiger partial charge in [-0.15, -0.1) is 0 Å². The minimum absolute atomic E-state index is 0.144. The predicted octanol–water partition coefficient (Wildman–Crippen LogP) is 4.20. The van der Waals surface area contributed by atoms with Gasteiger partial charge < -0.3 is 5.32 Å². The fourth-order valence-corrected chi connectivity index (χ4v) is 3.54. The molecule has 1 aliphatic rings. The predicted molar refractivity (Wildman–Crippen MR) is 84.9 cm³/mol. The molecule has 0 heterocycles. The molecule has 0 saturated heterocycles. The first-order chi connectivity index (χ1) is 10.2. The second-order valence-electron chi connectivity index (χ2n) is 5.97. The summed E-state index contributed by atoms with van der Waals surface area (Å²) in [6.07, 6.45) is 2.10. The number of aryl methyl sites for hydroxylation is 1. The molecule has 1 nitrogen and oxygen atoms in total. The summed E-state index contributed by atoms with van der Waals surface area (Å²) >= 11 is 0. The monoisotopic (exact) mass is 283 g/mol. The SMILES string of the molecule is CCNC1c2ccccc2CC1Cc1ccc(F)cc1C. The number of rotatable bonds is 4. The smallest absolute Gasteiger partial charge is 0.123 e. The summed E-state index contributed by atoms with van der Waals surface area (Å²) in [6, 6.07) is 14.3. The van der Waals surface area contributed by atoms with Gasteiger partial charge in [0.1, 0.15) is 5.82 Å². The van der Waals surface area contributed by atoms with Crippen molar-refractivity contribution in [1.82, 2.24) is 5.32 Å². The number of benzene rings is 2. The fraction of sp³-hybridized carbons (Fsp3) is 0.368. The van der Waals surface area contributed by atoms with Crippen LogP contribution in [0.3, 0.4) is 0 Å². The van der Waals surface area contributed by atoms with Crippen LogP contribution in [0, 0.1) is 18.7 Å². The van der Waals surface area contributed by atoms with Crippen molar-refractivity contribution < 1.29 is 4.39 Å². The molecule has 2 aromatic carbocycles. The van der Waals surface area contributed by atoms with Crippen LogP contribution < -0.4 is 5.32 Å². The second kappa shape index (κ2) is 5.98. The van der Waals surface area contributed by atoms with Crippen LogP contribution in [0.15, 0.2) is 42.5 Å². The topological polar surface area (TPSA) is 12.0 Å². The summed E-state index contributed by atoms with van der Waals surface area (Å²) in [6.45, 7) is 5.13. The van der Waals surface area contributed by atoms with Crippen LogP contribution in [-0.2, 0) is 12.8 Å². The first-order valence-corrected chi connectivity index (χ1v) is 7.75. The fourth-order valence-electron chi connectivity index (χ4n) is 3.54. The molecule has 1 aliphatic carbocycles. The van der Waals surface area contributed by atoms with Crippen molar-refractivity contribution in [3.63, 3.8) is 0 Å². The van der Waals surface area contributed by atoms with E-state index in [9.17, 15) is 4.39 Å². The maximum absolute atomic E-state index is 13.3. The third-order valence-corrected chi connectivity index (χ3v) is 4.55. The van der Waals surface area contributed by atoms with E-state index < -0.39 is 0 Å². The number of hydrogen-bond acceptors (Lipinski definition) is 1. The molecule has 110 valence electrons. The molecule has 0 saturated carbocycles. The van der Waals surface area contributed by atoms with E-state index in [0.29, 0.717) is 12.0 Å². The summed E-state index contributed by atoms with van der Waals surface area (Å²) in [5, 5.41) is 3.63. The Bertz CT molecular complexity index is 635. The highest BCUT2D eigenvalue weighted by Crippen LogP contribution is 2.38. The van der Waals surface area contributed by atoms with Crippen molar-refractivity contribution in [3.05, 3.63) is 70.5 Å². The third kappa shape index (κ3) is 2.86. The summed E-state index contributed by atoms with van der Waals surface area (Å²) < 4.78 is 13.3. The van der Waals surface area contributed by atoms with Gasteiger partial charge in [0.25, 0.3) is 0 Å². The Morgan fingerprint density at radius 1 is 1.19 bits per heavy atom. The average molecular weight is 283 g/mol. The second-order valence-corrected chi connectivity index (χ2v) is 5.97. The van der Waals surface area contributed by atoms with Gasteiger partial charge in [0.05, 0.1) is 0 Å². The van der Waals surface area contributed by atoms with E-state index in [4.69, 9.17) is 0 Å². The molecule has 2 unspecified atom stereocenters. The Hall–Kier alpha value is -1.67. The average Bonchev–Trinajstić information content (AvgIpc) is 2.81. The third-order valence-electron chi connectivity index (χ3n) is 4.55. The van der Waals surface area contributed by atoms with Crippen LogP contribution in [0.1, 0.15) is 35.2 Å². The van der Waals surface area contributed by atoms with E-state index in [1.54, 1.807) is 12.1 Å². The van der Waals surface area contributed by atoms with Gasteiger partial charge in [-0.25, -0.2) is 4.39 Å². The minimum atomic E-state index is -0.144. The van der Waals surface area contributed by atoms with Gasteiger partial charge in [0, 0.05) is 6.04 Å². The van der Waals surface area contributed by atoms with E-state index in [-0.39, 0.29) is 5.82 Å². The van der Waals surface area contributed by atoms with Crippen LogP contribution in [0.2, 0.25) is 0 Å². The van der Waals surface area contributed by atoms with Crippen LogP contribution >= 0.6 is 0 Å². The molecular formula is C19H22FN. The van der Waals surface area contributed by atoms with Crippen molar-refractivity contribution in [3.8, 4) is 0 Å². The first kappa shape index (κ1) is 14.3. The first-order valence-electron chi connectivity index (χ1n) is 7.75. The maximum Gasteiger partial charge on any atom is 0.123 e. The van der Waals surface area contributed by atoms with Crippen LogP contribution in [0.4, 0.5) is 4.39 Å². The lowest BCUT2D eigenvalue weighted by Gasteiger charge is -2.22. The standard InChI is InChI=1S/C19H22FN/c1-3-21-19-16(12-15-6-4-5-7-18(15)19)11-14-8-9-17(20)10-13(14)2/h4-10,16,19,21H,3,11-12H2,1-2H3. The van der Waals surface area contributed by atoms with Gasteiger partial charge in [0.2, 0.25) is 0 Å². The van der Waals surface area contributed by atoms with E-state index in [0.717, 1.165) is 24.9 Å². The molecule has 0 radical (unpaired) electrons. The Morgan fingerprint density at radius 3 is 2.76 bits per heavy atom. The molecule has 0 fully saturated rings. The summed E-state index contributed by atoms with van der Waals surface area (Å²) in [5.74, 6) is 0.403. The Morgan fingerprint density at radius 2 is 2.00 bits per heavy atom. The maximum atomic E-state index is 13.3. The van der Waals surface area contributed by atoms with E-state index >= 15 is 0 Å². The van der Waals surface area contributed by atoms with Crippen molar-refractivity contribution in [2.75, 3.05) is 6.54 Å². The largest absolute Gasteiger partial charge is 0.310 e. The molecule has 0 aromatic heterocycles. The summed E-state index contributed by atoms with van der Waals surface area (Å²) in [7, 11) is 0. The summed E-state index contributed by atoms with van der Waals surface area (Å²) in [5.41, 5.74) is 5.20. The lowest BCUT2D eigenvalue weighted by Crippen LogP contribution is -2.26. The molecule has 0 aliphatic heterocycles. The lowest BCUT2D eigenvalue weighted by molar-refractivity contribution is 0.393. The normalized spacial score (nSPS) is 20.5. The zero-order chi connectivity index (χ0) is 14.8. The zero-order valence-electron chi connectivity index (χ0n) is 12.7. The number of halogens is 1. The molecule has 0 amide bonds. The molecule has 1 N–H and O–H groups in total. The van der Waals surface area contributed by atoms with Gasteiger partial charge in [0.15, 0.2) is 0 Å². The zero-order valence-corrected chi connectivity index (χ0v) is 12.7. The molecule has 2 atom stereocenters. The van der Waals surface area contributed by atoms with E-state index in [1.165, 1.54) is 16.7 Å². The Kier molecular flexibility index (Phi) is 4.07. The number of fused-ring (bicyclic) bond motifs is 1. The van der Waals surface area contributed by atoms with Crippen molar-refractivity contribution in [2.45, 2.75) is 32.7 Å². The molecule has 2 aromatic rings. The van der Waals surface area contributed by atoms with Crippen LogP contribution in [0.5, 0.6) is 0 Å². The number of nitrogens with one attached hydrogen (secondary N) is 1. The molecule has 3 rings (SSSR count). The van der Waals surface area contributed by atoms with Gasteiger partial charge >= 0.3 is 0 Å². The highest BCUT2D eigenvalue weighted by Gasteiger charge is 2.31. The van der Waals surface area contributed by atoms with Crippen molar-refractivity contribution in [2.24, 2.45) is 5.92 Å². The molecule has 0 bridgehead atoms. The van der Waals surface area contributed by atoms with Gasteiger partial charge in [-0.05, 0) is 66.6 Å². The molecule has 2 heteroatoms. The van der Waals surface area contributed by atoms with Crippen LogP contribution in [0.25, 0.3) is 0 Å². The quantitative estimate of drug-likeness (QED) is 0.886. The minimum Gasteiger partial charge on any atom is -0.310 e. The number of hydrogen-bond donors (Lipinski definition) is 1. The van der Waals surface area contributed by atoms with Gasteiger partial charge in [-0.3, -0.25) is 0 Å². The van der Waals surface area contributed by atoms with E-state index in [2.05, 4.69) is 36.5 Å².